The molecule has 1 heterocycles. The number of benzene rings is 1. The monoisotopic (exact) mass is 355 g/mol. The minimum atomic E-state index is -2.99. The second-order valence-corrected chi connectivity index (χ2v) is 5.38. The van der Waals surface area contributed by atoms with E-state index in [0.29, 0.717) is 5.56 Å². The molecule has 1 unspecified atom stereocenters. The standard InChI is InChI=1S/C15H15F2N3O3S/c1-9(23-20-13(18)10-6-7-24-8-10)14(21)19-11-4-2-3-5-12(11)22-15(16)17/h2-9,15H,1H3,(H2,18,20)(H,19,21). The predicted molar refractivity (Wildman–Crippen MR) is 87.3 cm³/mol. The van der Waals surface area contributed by atoms with Crippen molar-refractivity contribution in [2.45, 2.75) is 19.6 Å². The summed E-state index contributed by atoms with van der Waals surface area (Å²) in [6.45, 7) is -1.54. The number of nitrogens with two attached hydrogens (primary N) is 1. The van der Waals surface area contributed by atoms with Crippen LogP contribution in [0.25, 0.3) is 0 Å². The first-order chi connectivity index (χ1) is 11.5. The van der Waals surface area contributed by atoms with Crippen molar-refractivity contribution in [2.75, 3.05) is 5.32 Å². The number of nitrogens with zero attached hydrogens (tertiary/aromatic N) is 1. The van der Waals surface area contributed by atoms with Crippen molar-refractivity contribution in [1.82, 2.24) is 0 Å². The van der Waals surface area contributed by atoms with Gasteiger partial charge in [0.25, 0.3) is 5.91 Å². The topological polar surface area (TPSA) is 85.9 Å². The summed E-state index contributed by atoms with van der Waals surface area (Å²) in [6, 6.07) is 7.60. The first-order valence-electron chi connectivity index (χ1n) is 6.84. The third-order valence-corrected chi connectivity index (χ3v) is 3.54. The lowest BCUT2D eigenvalue weighted by molar-refractivity contribution is -0.126. The molecule has 128 valence electrons. The molecule has 2 rings (SSSR count). The van der Waals surface area contributed by atoms with Gasteiger partial charge >= 0.3 is 6.61 Å². The molecule has 0 aliphatic heterocycles. The van der Waals surface area contributed by atoms with Gasteiger partial charge in [-0.2, -0.15) is 20.1 Å². The van der Waals surface area contributed by atoms with Crippen molar-refractivity contribution in [3.05, 3.63) is 46.7 Å². The molecule has 0 saturated carbocycles. The highest BCUT2D eigenvalue weighted by atomic mass is 32.1. The number of para-hydroxylation sites is 2. The van der Waals surface area contributed by atoms with E-state index >= 15 is 0 Å². The number of amidine groups is 1. The molecule has 0 fully saturated rings. The van der Waals surface area contributed by atoms with E-state index in [1.54, 1.807) is 17.5 Å². The third-order valence-electron chi connectivity index (χ3n) is 2.86. The smallest absolute Gasteiger partial charge is 0.387 e. The summed E-state index contributed by atoms with van der Waals surface area (Å²) < 4.78 is 29.0. The van der Waals surface area contributed by atoms with Crippen LogP contribution in [0.5, 0.6) is 5.75 Å². The molecule has 1 aromatic heterocycles. The average molecular weight is 355 g/mol. The van der Waals surface area contributed by atoms with E-state index in [-0.39, 0.29) is 17.3 Å². The Morgan fingerprint density at radius 1 is 1.33 bits per heavy atom. The van der Waals surface area contributed by atoms with Gasteiger partial charge in [-0.25, -0.2) is 0 Å². The molecule has 0 saturated heterocycles. The summed E-state index contributed by atoms with van der Waals surface area (Å²) in [6.07, 6.45) is -0.984. The zero-order chi connectivity index (χ0) is 17.5. The van der Waals surface area contributed by atoms with Crippen molar-refractivity contribution in [2.24, 2.45) is 10.9 Å². The Hall–Kier alpha value is -2.68. The van der Waals surface area contributed by atoms with Gasteiger partial charge in [-0.15, -0.1) is 0 Å². The number of alkyl halides is 2. The molecule has 9 heteroatoms. The fourth-order valence-corrected chi connectivity index (χ4v) is 2.30. The lowest BCUT2D eigenvalue weighted by atomic mass is 10.2. The molecular weight excluding hydrogens is 340 g/mol. The Labute approximate surface area is 140 Å². The molecule has 2 aromatic rings. The van der Waals surface area contributed by atoms with Crippen molar-refractivity contribution < 1.29 is 23.1 Å². The second-order valence-electron chi connectivity index (χ2n) is 4.60. The van der Waals surface area contributed by atoms with Gasteiger partial charge in [0.1, 0.15) is 5.75 Å². The highest BCUT2D eigenvalue weighted by Crippen LogP contribution is 2.25. The Bertz CT molecular complexity index is 708. The number of ether oxygens (including phenoxy) is 1. The summed E-state index contributed by atoms with van der Waals surface area (Å²) in [5, 5.41) is 9.74. The number of hydrogen-bond donors (Lipinski definition) is 2. The van der Waals surface area contributed by atoms with Gasteiger partial charge in [-0.05, 0) is 30.5 Å². The number of amides is 1. The first kappa shape index (κ1) is 17.7. The maximum absolute atomic E-state index is 12.4. The molecule has 0 aliphatic carbocycles. The van der Waals surface area contributed by atoms with Crippen molar-refractivity contribution in [3.63, 3.8) is 0 Å². The van der Waals surface area contributed by atoms with Crippen molar-refractivity contribution in [1.29, 1.82) is 0 Å². The molecule has 6 nitrogen and oxygen atoms in total. The minimum Gasteiger partial charge on any atom is -0.433 e. The number of thiophene rings is 1. The SMILES string of the molecule is CC(O/N=C(\N)c1ccsc1)C(=O)Nc1ccccc1OC(F)F. The summed E-state index contributed by atoms with van der Waals surface area (Å²) in [5.41, 5.74) is 6.50. The van der Waals surface area contributed by atoms with Crippen LogP contribution in [0.4, 0.5) is 14.5 Å². The molecule has 0 spiro atoms. The molecule has 3 N–H and O–H groups in total. The van der Waals surface area contributed by atoms with E-state index in [4.69, 9.17) is 10.6 Å². The zero-order valence-electron chi connectivity index (χ0n) is 12.6. The number of rotatable bonds is 7. The zero-order valence-corrected chi connectivity index (χ0v) is 13.4. The van der Waals surface area contributed by atoms with Gasteiger partial charge in [-0.1, -0.05) is 17.3 Å². The predicted octanol–water partition coefficient (Wildman–Crippen LogP) is 3.01. The molecule has 1 amide bonds. The van der Waals surface area contributed by atoms with E-state index in [1.807, 2.05) is 5.38 Å². The summed E-state index contributed by atoms with van der Waals surface area (Å²) in [5.74, 6) is -0.589. The maximum Gasteiger partial charge on any atom is 0.387 e. The van der Waals surface area contributed by atoms with E-state index in [1.165, 1.54) is 36.5 Å². The van der Waals surface area contributed by atoms with E-state index < -0.39 is 18.6 Å². The van der Waals surface area contributed by atoms with Gasteiger partial charge in [0.2, 0.25) is 6.10 Å². The highest BCUT2D eigenvalue weighted by molar-refractivity contribution is 7.08. The molecular formula is C15H15F2N3O3S. The summed E-state index contributed by atoms with van der Waals surface area (Å²) in [7, 11) is 0. The molecule has 0 radical (unpaired) electrons. The van der Waals surface area contributed by atoms with Crippen LogP contribution >= 0.6 is 11.3 Å². The Kier molecular flexibility index (Phi) is 6.07. The van der Waals surface area contributed by atoms with Crippen LogP contribution in [0.15, 0.2) is 46.2 Å². The third kappa shape index (κ3) is 4.92. The minimum absolute atomic E-state index is 0.105. The van der Waals surface area contributed by atoms with Crippen LogP contribution in [0.3, 0.4) is 0 Å². The van der Waals surface area contributed by atoms with Gasteiger partial charge < -0.3 is 20.6 Å². The highest BCUT2D eigenvalue weighted by Gasteiger charge is 2.18. The normalized spacial score (nSPS) is 12.8. The van der Waals surface area contributed by atoms with Crippen LogP contribution in [0, 0.1) is 0 Å². The van der Waals surface area contributed by atoms with Crippen LogP contribution in [0.2, 0.25) is 0 Å². The largest absolute Gasteiger partial charge is 0.433 e. The number of carbonyl (C=O) groups is 1. The van der Waals surface area contributed by atoms with E-state index in [0.717, 1.165) is 0 Å². The number of halogens is 2. The van der Waals surface area contributed by atoms with Gasteiger partial charge in [0, 0.05) is 10.9 Å². The molecule has 1 atom stereocenters. The van der Waals surface area contributed by atoms with Gasteiger partial charge in [-0.3, -0.25) is 4.79 Å². The lowest BCUT2D eigenvalue weighted by Gasteiger charge is -2.14. The van der Waals surface area contributed by atoms with Gasteiger partial charge in [0.15, 0.2) is 5.84 Å². The quantitative estimate of drug-likeness (QED) is 0.454. The Morgan fingerprint density at radius 3 is 2.75 bits per heavy atom. The van der Waals surface area contributed by atoms with Crippen LogP contribution < -0.4 is 15.8 Å². The average Bonchev–Trinajstić information content (AvgIpc) is 3.08. The van der Waals surface area contributed by atoms with E-state index in [2.05, 4.69) is 15.2 Å². The number of nitrogens with one attached hydrogen (secondary N) is 1. The molecule has 1 aromatic carbocycles. The Morgan fingerprint density at radius 2 is 2.08 bits per heavy atom. The number of anilines is 1. The van der Waals surface area contributed by atoms with Crippen LogP contribution in [-0.2, 0) is 9.63 Å². The number of hydrogen-bond acceptors (Lipinski definition) is 5. The van der Waals surface area contributed by atoms with Crippen LogP contribution in [0.1, 0.15) is 12.5 Å². The maximum atomic E-state index is 12.4. The fourth-order valence-electron chi connectivity index (χ4n) is 1.65. The number of oxime groups is 1. The van der Waals surface area contributed by atoms with Gasteiger partial charge in [0.05, 0.1) is 5.69 Å². The number of carbonyl (C=O) groups excluding carboxylic acids is 1. The van der Waals surface area contributed by atoms with E-state index in [9.17, 15) is 13.6 Å². The fraction of sp³-hybridized carbons (Fsp3) is 0.200. The Balaban J connectivity index is 1.98. The summed E-state index contributed by atoms with van der Waals surface area (Å²) in [4.78, 5) is 17.1. The molecule has 0 bridgehead atoms. The molecule has 24 heavy (non-hydrogen) atoms. The van der Waals surface area contributed by atoms with Crippen molar-refractivity contribution >= 4 is 28.8 Å². The molecule has 0 aliphatic rings. The van der Waals surface area contributed by atoms with Crippen LogP contribution in [-0.4, -0.2) is 24.5 Å². The summed E-state index contributed by atoms with van der Waals surface area (Å²) >= 11 is 1.45. The lowest BCUT2D eigenvalue weighted by Crippen LogP contribution is -2.27. The van der Waals surface area contributed by atoms with Crippen molar-refractivity contribution in [3.8, 4) is 5.75 Å². The first-order valence-corrected chi connectivity index (χ1v) is 7.78. The second kappa shape index (κ2) is 8.25.